The Hall–Kier alpha value is -4.30. The summed E-state index contributed by atoms with van der Waals surface area (Å²) in [6.45, 7) is 6.05. The average molecular weight is 653 g/mol. The molecule has 1 N–H and O–H groups in total. The lowest BCUT2D eigenvalue weighted by atomic mass is 9.86. The smallest absolute Gasteiger partial charge is 0.343 e. The molecule has 4 heterocycles. The fraction of sp³-hybridized carbons (Fsp3) is 0.450. The summed E-state index contributed by atoms with van der Waals surface area (Å²) in [7, 11) is 0. The van der Waals surface area contributed by atoms with Crippen molar-refractivity contribution in [3.63, 3.8) is 0 Å². The maximum absolute atomic E-state index is 13.6. The van der Waals surface area contributed by atoms with E-state index in [9.17, 15) is 19.5 Å². The van der Waals surface area contributed by atoms with Gasteiger partial charge in [-0.1, -0.05) is 76.5 Å². The van der Waals surface area contributed by atoms with Gasteiger partial charge in [-0.2, -0.15) is 0 Å². The van der Waals surface area contributed by atoms with Crippen molar-refractivity contribution in [2.24, 2.45) is 0 Å². The lowest BCUT2D eigenvalue weighted by Gasteiger charge is -2.31. The van der Waals surface area contributed by atoms with Crippen molar-refractivity contribution in [3.05, 3.63) is 93.3 Å². The van der Waals surface area contributed by atoms with E-state index in [-0.39, 0.29) is 24.6 Å². The lowest BCUT2D eigenvalue weighted by Crippen LogP contribution is -2.44. The molecule has 2 aliphatic heterocycles. The van der Waals surface area contributed by atoms with Crippen molar-refractivity contribution < 1.29 is 24.2 Å². The number of fused-ring (bicyclic) bond motifs is 5. The van der Waals surface area contributed by atoms with Gasteiger partial charge in [-0.3, -0.25) is 9.59 Å². The zero-order valence-electron chi connectivity index (χ0n) is 28.6. The highest BCUT2D eigenvalue weighted by Gasteiger charge is 2.45. The van der Waals surface area contributed by atoms with Gasteiger partial charge in [-0.25, -0.2) is 9.78 Å². The number of aryl methyl sites for hydroxylation is 1. The van der Waals surface area contributed by atoms with Gasteiger partial charge in [0.2, 0.25) is 0 Å². The molecule has 0 amide bonds. The number of aliphatic hydroxyl groups is 1. The fourth-order valence-corrected chi connectivity index (χ4v) is 6.68. The van der Waals surface area contributed by atoms with Gasteiger partial charge in [-0.15, -0.1) is 0 Å². The van der Waals surface area contributed by atoms with Crippen LogP contribution in [0.3, 0.4) is 0 Å². The van der Waals surface area contributed by atoms with E-state index in [0.29, 0.717) is 47.7 Å². The summed E-state index contributed by atoms with van der Waals surface area (Å²) in [5.74, 6) is -0.501. The zero-order chi connectivity index (χ0) is 34.1. The number of hydrogen-bond donors (Lipinski definition) is 1. The first-order valence-corrected chi connectivity index (χ1v) is 17.6. The van der Waals surface area contributed by atoms with E-state index in [1.54, 1.807) is 23.6 Å². The third kappa shape index (κ3) is 7.54. The molecule has 0 bridgehead atoms. The second-order valence-corrected chi connectivity index (χ2v) is 12.6. The predicted octanol–water partition coefficient (Wildman–Crippen LogP) is 8.14. The van der Waals surface area contributed by atoms with Crippen LogP contribution in [0.15, 0.2) is 65.5 Å². The van der Waals surface area contributed by atoms with E-state index in [1.807, 2.05) is 12.1 Å². The Morgan fingerprint density at radius 3 is 2.44 bits per heavy atom. The highest BCUT2D eigenvalue weighted by Crippen LogP contribution is 2.40. The van der Waals surface area contributed by atoms with Gasteiger partial charge >= 0.3 is 11.9 Å². The Labute approximate surface area is 283 Å². The Morgan fingerprint density at radius 2 is 1.69 bits per heavy atom. The second-order valence-electron chi connectivity index (χ2n) is 12.6. The molecule has 0 spiro atoms. The number of cyclic esters (lactones) is 1. The van der Waals surface area contributed by atoms with Gasteiger partial charge in [0.25, 0.3) is 5.56 Å². The van der Waals surface area contributed by atoms with Crippen LogP contribution < -0.4 is 10.3 Å². The van der Waals surface area contributed by atoms with E-state index in [2.05, 4.69) is 50.3 Å². The highest BCUT2D eigenvalue weighted by atomic mass is 16.6. The summed E-state index contributed by atoms with van der Waals surface area (Å²) >= 11 is 0. The Kier molecular flexibility index (Phi) is 11.8. The van der Waals surface area contributed by atoms with Crippen LogP contribution in [0.2, 0.25) is 0 Å². The number of aromatic nitrogens is 2. The molecule has 8 heteroatoms. The maximum atomic E-state index is 13.6. The maximum Gasteiger partial charge on any atom is 0.343 e. The number of pyridine rings is 2. The number of hydrogen-bond acceptors (Lipinski definition) is 7. The molecule has 3 aromatic rings. The number of ether oxygens (including phenoxy) is 2. The first-order valence-electron chi connectivity index (χ1n) is 17.6. The summed E-state index contributed by atoms with van der Waals surface area (Å²) in [6.07, 6.45) is 23.8. The van der Waals surface area contributed by atoms with Crippen LogP contribution in [0.4, 0.5) is 0 Å². The monoisotopic (exact) mass is 652 g/mol. The molecule has 2 aliphatic rings. The van der Waals surface area contributed by atoms with E-state index in [4.69, 9.17) is 14.5 Å². The molecule has 5 rings (SSSR count). The van der Waals surface area contributed by atoms with E-state index in [1.165, 1.54) is 0 Å². The van der Waals surface area contributed by atoms with E-state index in [0.717, 1.165) is 79.8 Å². The number of allylic oxidation sites excluding steroid dienone is 6. The van der Waals surface area contributed by atoms with Crippen LogP contribution in [-0.2, 0) is 39.5 Å². The van der Waals surface area contributed by atoms with Crippen LogP contribution >= 0.6 is 0 Å². The molecule has 0 radical (unpaired) electrons. The Morgan fingerprint density at radius 1 is 0.958 bits per heavy atom. The summed E-state index contributed by atoms with van der Waals surface area (Å²) in [5, 5.41) is 12.0. The molecule has 0 saturated carbocycles. The minimum atomic E-state index is -1.87. The number of nitrogens with zero attached hydrogens (tertiary/aromatic N) is 2. The van der Waals surface area contributed by atoms with Crippen LogP contribution in [0.5, 0.6) is 5.75 Å². The first kappa shape index (κ1) is 35.0. The molecule has 1 atom stereocenters. The lowest BCUT2D eigenvalue weighted by molar-refractivity contribution is -0.172. The third-order valence-electron chi connectivity index (χ3n) is 9.39. The summed E-state index contributed by atoms with van der Waals surface area (Å²) in [4.78, 5) is 43.7. The van der Waals surface area contributed by atoms with Gasteiger partial charge in [0, 0.05) is 22.9 Å². The molecule has 8 nitrogen and oxygen atoms in total. The van der Waals surface area contributed by atoms with Crippen molar-refractivity contribution >= 4 is 22.8 Å². The van der Waals surface area contributed by atoms with Crippen molar-refractivity contribution in [1.29, 1.82) is 0 Å². The number of rotatable bonds is 16. The number of unbranched alkanes of at least 4 members (excludes halogenated alkanes) is 5. The van der Waals surface area contributed by atoms with Gasteiger partial charge < -0.3 is 19.1 Å². The molecule has 0 unspecified atom stereocenters. The van der Waals surface area contributed by atoms with Gasteiger partial charge in [0.1, 0.15) is 12.4 Å². The van der Waals surface area contributed by atoms with Crippen LogP contribution in [-0.4, -0.2) is 26.6 Å². The third-order valence-corrected chi connectivity index (χ3v) is 9.39. The quantitative estimate of drug-likeness (QED) is 0.0563. The zero-order valence-corrected chi connectivity index (χ0v) is 28.6. The average Bonchev–Trinajstić information content (AvgIpc) is 3.45. The molecular weight excluding hydrogens is 604 g/mol. The number of carbonyl (C=O) groups excluding carboxylic acids is 2. The molecule has 0 saturated heterocycles. The minimum absolute atomic E-state index is 0.0929. The molecule has 1 aromatic carbocycles. The number of benzene rings is 1. The molecule has 48 heavy (non-hydrogen) atoms. The van der Waals surface area contributed by atoms with Crippen LogP contribution in [0.25, 0.3) is 22.3 Å². The van der Waals surface area contributed by atoms with Crippen molar-refractivity contribution in [3.8, 4) is 17.1 Å². The normalized spacial score (nSPS) is 17.0. The highest BCUT2D eigenvalue weighted by molar-refractivity contribution is 5.90. The molecule has 0 fully saturated rings. The van der Waals surface area contributed by atoms with E-state index >= 15 is 0 Å². The van der Waals surface area contributed by atoms with E-state index < -0.39 is 11.6 Å². The SMILES string of the molecule is CC/C=C/C/C=C/C/C=C/CCCCCCCC(=O)Oc1ccc2nc3c(c(CC)c2c1)Cn1c-3cc2c(c1=O)COC(=O)[C@]2(O)CC. The molecule has 2 aromatic heterocycles. The molecular formula is C40H48N2O6. The largest absolute Gasteiger partial charge is 0.458 e. The number of carbonyl (C=O) groups is 2. The molecule has 0 aliphatic carbocycles. The summed E-state index contributed by atoms with van der Waals surface area (Å²) in [6, 6.07) is 7.19. The second kappa shape index (κ2) is 16.2. The van der Waals surface area contributed by atoms with Crippen molar-refractivity contribution in [1.82, 2.24) is 9.55 Å². The van der Waals surface area contributed by atoms with Crippen molar-refractivity contribution in [2.75, 3.05) is 0 Å². The standard InChI is InChI=1S/C40H48N2O6/c1-4-7-8-9-10-11-12-13-14-15-16-17-18-19-20-21-36(43)48-28-22-23-34-30(24-28)29(5-2)31-26-42-35(37(31)41-34)25-33-32(38(42)44)27-47-39(45)40(33,46)6-3/h7-8,10-11,13-14,22-25,46H,4-6,9,12,15-21,26-27H2,1-3H3/b8-7+,11-10+,14-13+/t40-/m0/s1. The first-order chi connectivity index (χ1) is 23.3. The van der Waals surface area contributed by atoms with Crippen LogP contribution in [0, 0.1) is 0 Å². The summed E-state index contributed by atoms with van der Waals surface area (Å²) < 4.78 is 12.6. The van der Waals surface area contributed by atoms with Gasteiger partial charge in [0.15, 0.2) is 5.60 Å². The van der Waals surface area contributed by atoms with Gasteiger partial charge in [-0.05, 0) is 81.2 Å². The van der Waals surface area contributed by atoms with Crippen LogP contribution in [0.1, 0.15) is 114 Å². The number of esters is 2. The van der Waals surface area contributed by atoms with Gasteiger partial charge in [0.05, 0.1) is 29.0 Å². The Bertz CT molecular complexity index is 1800. The fourth-order valence-electron chi connectivity index (χ4n) is 6.68. The minimum Gasteiger partial charge on any atom is -0.458 e. The van der Waals surface area contributed by atoms with Crippen molar-refractivity contribution in [2.45, 2.75) is 117 Å². The summed E-state index contributed by atoms with van der Waals surface area (Å²) in [5.41, 5.74) is 2.37. The Balaban J connectivity index is 1.16. The molecule has 254 valence electrons. The predicted molar refractivity (Wildman–Crippen MR) is 189 cm³/mol. The topological polar surface area (TPSA) is 108 Å².